The summed E-state index contributed by atoms with van der Waals surface area (Å²) in [6.07, 6.45) is -7.05. The predicted octanol–water partition coefficient (Wildman–Crippen LogP) is 7.87. The van der Waals surface area contributed by atoms with Gasteiger partial charge < -0.3 is 28.6 Å². The van der Waals surface area contributed by atoms with Gasteiger partial charge in [0.2, 0.25) is 0 Å². The van der Waals surface area contributed by atoms with Crippen LogP contribution in [0.2, 0.25) is 0 Å². The molecule has 51 heavy (non-hydrogen) atoms. The molecule has 0 bridgehead atoms. The van der Waals surface area contributed by atoms with Crippen molar-refractivity contribution < 1.29 is 56.0 Å². The van der Waals surface area contributed by atoms with Gasteiger partial charge in [0.15, 0.2) is 6.10 Å². The summed E-state index contributed by atoms with van der Waals surface area (Å²) in [5.41, 5.74) is 0.0454. The third-order valence-electron chi connectivity index (χ3n) is 8.05. The first-order valence-corrected chi connectivity index (χ1v) is 18.6. The summed E-state index contributed by atoms with van der Waals surface area (Å²) < 4.78 is 67.5. The summed E-state index contributed by atoms with van der Waals surface area (Å²) in [5.74, 6) is -1.89. The fourth-order valence-electron chi connectivity index (χ4n) is 5.80. The molecule has 1 amide bonds. The first-order chi connectivity index (χ1) is 24.2. The van der Waals surface area contributed by atoms with E-state index in [4.69, 9.17) is 23.7 Å². The number of carbonyl (C=O) groups is 4. The largest absolute Gasteiger partial charge is 0.463 e. The maximum absolute atomic E-state index is 13.6. The molecule has 0 N–H and O–H groups in total. The van der Waals surface area contributed by atoms with Gasteiger partial charge >= 0.3 is 30.2 Å². The maximum Gasteiger partial charge on any atom is 0.416 e. The number of rotatable bonds is 14. The summed E-state index contributed by atoms with van der Waals surface area (Å²) in [5, 5.41) is 1.95. The van der Waals surface area contributed by atoms with Crippen molar-refractivity contribution in [1.29, 1.82) is 0 Å². The highest BCUT2D eigenvalue weighted by atomic mass is 33.1. The van der Waals surface area contributed by atoms with Gasteiger partial charge in [-0.15, -0.1) is 0 Å². The molecule has 1 unspecified atom stereocenters. The van der Waals surface area contributed by atoms with Crippen molar-refractivity contribution in [1.82, 2.24) is 4.90 Å². The van der Waals surface area contributed by atoms with Crippen molar-refractivity contribution in [3.63, 3.8) is 0 Å². The van der Waals surface area contributed by atoms with Crippen molar-refractivity contribution >= 4 is 56.4 Å². The molecule has 1 fully saturated rings. The zero-order chi connectivity index (χ0) is 37.1. The highest BCUT2D eigenvalue weighted by Crippen LogP contribution is 2.38. The average molecular weight is 752 g/mol. The van der Waals surface area contributed by atoms with Gasteiger partial charge in [0.25, 0.3) is 0 Å². The molecule has 15 heteroatoms. The second kappa shape index (κ2) is 18.5. The number of halogens is 3. The molecule has 10 nitrogen and oxygen atoms in total. The quantitative estimate of drug-likeness (QED) is 0.0527. The lowest BCUT2D eigenvalue weighted by atomic mass is 9.98. The Kier molecular flexibility index (Phi) is 14.5. The number of benzene rings is 3. The number of esters is 3. The highest BCUT2D eigenvalue weighted by Gasteiger charge is 2.44. The Morgan fingerprint density at radius 3 is 2.33 bits per heavy atom. The van der Waals surface area contributed by atoms with Crippen LogP contribution in [0.3, 0.4) is 0 Å². The molecule has 1 aliphatic rings. The Labute approximate surface area is 302 Å². The minimum absolute atomic E-state index is 0.101. The Hall–Kier alpha value is -3.95. The van der Waals surface area contributed by atoms with E-state index in [1.807, 2.05) is 49.4 Å². The zero-order valence-corrected chi connectivity index (χ0v) is 30.2. The van der Waals surface area contributed by atoms with Crippen LogP contribution in [0.5, 0.6) is 0 Å². The van der Waals surface area contributed by atoms with E-state index in [1.165, 1.54) is 37.6 Å². The third-order valence-corrected chi connectivity index (χ3v) is 10.3. The van der Waals surface area contributed by atoms with Gasteiger partial charge in [-0.1, -0.05) is 71.5 Å². The van der Waals surface area contributed by atoms with Crippen LogP contribution in [-0.2, 0) is 50.7 Å². The van der Waals surface area contributed by atoms with Crippen LogP contribution in [0.15, 0.2) is 66.7 Å². The number of aryl methyl sites for hydroxylation is 1. The summed E-state index contributed by atoms with van der Waals surface area (Å²) >= 11 is 0. The van der Waals surface area contributed by atoms with Gasteiger partial charge in [0.05, 0.1) is 11.6 Å². The van der Waals surface area contributed by atoms with E-state index in [0.29, 0.717) is 18.4 Å². The monoisotopic (exact) mass is 751 g/mol. The molecule has 0 saturated carbocycles. The highest BCUT2D eigenvalue weighted by molar-refractivity contribution is 8.76. The minimum Gasteiger partial charge on any atom is -0.463 e. The van der Waals surface area contributed by atoms with E-state index < -0.39 is 65.5 Å². The molecule has 276 valence electrons. The molecule has 1 saturated heterocycles. The van der Waals surface area contributed by atoms with E-state index in [2.05, 4.69) is 0 Å². The third kappa shape index (κ3) is 11.8. The number of ether oxygens (including phenoxy) is 5. The number of alkyl halides is 3. The van der Waals surface area contributed by atoms with Crippen LogP contribution in [0.4, 0.5) is 18.0 Å². The number of hydrogen-bond donors (Lipinski definition) is 0. The predicted molar refractivity (Wildman–Crippen MR) is 186 cm³/mol. The number of carbonyl (C=O) groups excluding carboxylic acids is 4. The zero-order valence-electron chi connectivity index (χ0n) is 28.6. The molecule has 3 aromatic carbocycles. The van der Waals surface area contributed by atoms with Crippen molar-refractivity contribution in [3.8, 4) is 0 Å². The first-order valence-electron chi connectivity index (χ1n) is 16.2. The lowest BCUT2D eigenvalue weighted by Crippen LogP contribution is -2.53. The van der Waals surface area contributed by atoms with Crippen molar-refractivity contribution in [2.24, 2.45) is 0 Å². The van der Waals surface area contributed by atoms with Crippen LogP contribution >= 0.6 is 21.6 Å². The maximum atomic E-state index is 13.6. The minimum atomic E-state index is -4.46. The lowest BCUT2D eigenvalue weighted by molar-refractivity contribution is -0.204. The lowest BCUT2D eigenvalue weighted by Gasteiger charge is -2.39. The fourth-order valence-corrected chi connectivity index (χ4v) is 7.75. The van der Waals surface area contributed by atoms with Gasteiger partial charge in [-0.2, -0.15) is 13.2 Å². The Balaban J connectivity index is 1.43. The standard InChI is InChI=1S/C36H40F3NO9S2/c1-22(29-16-8-13-27-12-5-6-15-30(27)29)40(17-9-11-26-10-7-14-28(18-26)36(37,38)39)35(44)46-21-50-51-33-19-31(47-24(3)42)34(48-25(4)43)32(49-33)20-45-23(2)41/h5-8,10,12-16,18,22,31-34H,9,11,17,19-21H2,1-4H3/t22?,31-,32-,33+,34+/m1/s1. The molecule has 1 heterocycles. The van der Waals surface area contributed by atoms with Crippen molar-refractivity contribution in [3.05, 3.63) is 83.4 Å². The molecule has 0 radical (unpaired) electrons. The molecular weight excluding hydrogens is 712 g/mol. The van der Waals surface area contributed by atoms with E-state index >= 15 is 0 Å². The van der Waals surface area contributed by atoms with Crippen LogP contribution in [-0.4, -0.2) is 71.7 Å². The van der Waals surface area contributed by atoms with Crippen molar-refractivity contribution in [2.45, 2.75) is 82.9 Å². The number of amides is 1. The van der Waals surface area contributed by atoms with Crippen LogP contribution in [0.25, 0.3) is 10.8 Å². The fraction of sp³-hybridized carbons (Fsp3) is 0.444. The first kappa shape index (κ1) is 39.8. The molecule has 0 aromatic heterocycles. The number of nitrogens with zero attached hydrogens (tertiary/aromatic N) is 1. The summed E-state index contributed by atoms with van der Waals surface area (Å²) in [7, 11) is 2.36. The van der Waals surface area contributed by atoms with Crippen molar-refractivity contribution in [2.75, 3.05) is 19.1 Å². The summed E-state index contributed by atoms with van der Waals surface area (Å²) in [6.45, 7) is 5.49. The van der Waals surface area contributed by atoms with Gasteiger partial charge in [-0.05, 0) is 58.5 Å². The molecule has 3 aromatic rings. The average Bonchev–Trinajstić information content (AvgIpc) is 3.07. The molecule has 0 aliphatic carbocycles. The van der Waals surface area contributed by atoms with Gasteiger partial charge in [0, 0.05) is 33.7 Å². The Bertz CT molecular complexity index is 1670. The van der Waals surface area contributed by atoms with E-state index in [1.54, 1.807) is 11.0 Å². The van der Waals surface area contributed by atoms with E-state index in [0.717, 1.165) is 39.3 Å². The second-order valence-corrected chi connectivity index (χ2v) is 14.3. The van der Waals surface area contributed by atoms with E-state index in [9.17, 15) is 32.3 Å². The topological polar surface area (TPSA) is 118 Å². The molecule has 4 rings (SSSR count). The normalized spacial score (nSPS) is 19.5. The number of hydrogen-bond acceptors (Lipinski definition) is 11. The second-order valence-electron chi connectivity index (χ2n) is 11.8. The summed E-state index contributed by atoms with van der Waals surface area (Å²) in [6, 6.07) is 18.3. The van der Waals surface area contributed by atoms with Gasteiger partial charge in [-0.3, -0.25) is 14.4 Å². The molecule has 0 spiro atoms. The van der Waals surface area contributed by atoms with Gasteiger partial charge in [0.1, 0.15) is 30.2 Å². The van der Waals surface area contributed by atoms with Crippen LogP contribution in [0, 0.1) is 0 Å². The Morgan fingerprint density at radius 2 is 1.63 bits per heavy atom. The van der Waals surface area contributed by atoms with Crippen LogP contribution in [0.1, 0.15) is 63.3 Å². The Morgan fingerprint density at radius 1 is 0.922 bits per heavy atom. The smallest absolute Gasteiger partial charge is 0.416 e. The molecule has 5 atom stereocenters. The van der Waals surface area contributed by atoms with E-state index in [-0.39, 0.29) is 25.5 Å². The van der Waals surface area contributed by atoms with Crippen LogP contribution < -0.4 is 0 Å². The molecule has 1 aliphatic heterocycles. The number of fused-ring (bicyclic) bond motifs is 1. The SMILES string of the molecule is CC(=O)OC[C@H]1O[C@@H](SSCOC(=O)N(CCCc2cccc(C(F)(F)F)c2)C(C)c2cccc3ccccc23)C[C@@H](OC(C)=O)[C@@H]1OC(C)=O. The van der Waals surface area contributed by atoms with Gasteiger partial charge in [-0.25, -0.2) is 4.79 Å². The summed E-state index contributed by atoms with van der Waals surface area (Å²) in [4.78, 5) is 50.4. The molecular formula is C36H40F3NO9S2.